The molecule has 0 aliphatic carbocycles. The standard InChI is InChI=1S/C22H27F3N4O3/c1-8-12(2)19(13(3)32-7)29-17(10-16(28-29)21(4,5)6)27-15-9-14(22(23,24)25)11-26-18(15)20(30)31/h8-11,27H,1-7H3,(H,30,31)/b12-8-,19-13-. The number of alkyl halides is 3. The number of aromatic nitrogens is 3. The Morgan fingerprint density at radius 2 is 1.84 bits per heavy atom. The summed E-state index contributed by atoms with van der Waals surface area (Å²) >= 11 is 0. The first-order valence-corrected chi connectivity index (χ1v) is 9.77. The van der Waals surface area contributed by atoms with Crippen LogP contribution in [0.25, 0.3) is 5.70 Å². The summed E-state index contributed by atoms with van der Waals surface area (Å²) in [6, 6.07) is 2.39. The van der Waals surface area contributed by atoms with E-state index in [0.29, 0.717) is 23.3 Å². The first-order chi connectivity index (χ1) is 14.7. The molecule has 2 N–H and O–H groups in total. The number of nitrogens with one attached hydrogen (secondary N) is 1. The second kappa shape index (κ2) is 9.05. The molecular formula is C22H27F3N4O3. The molecule has 2 aromatic rings. The fraction of sp³-hybridized carbons (Fsp3) is 0.409. The molecule has 0 bridgehead atoms. The lowest BCUT2D eigenvalue weighted by molar-refractivity contribution is -0.137. The van der Waals surface area contributed by atoms with Gasteiger partial charge in [-0.15, -0.1) is 0 Å². The number of allylic oxidation sites excluding steroid dienone is 4. The van der Waals surface area contributed by atoms with Crippen molar-refractivity contribution in [1.82, 2.24) is 14.8 Å². The number of nitrogens with zero attached hydrogens (tertiary/aromatic N) is 3. The molecule has 10 heteroatoms. The Morgan fingerprint density at radius 1 is 1.22 bits per heavy atom. The van der Waals surface area contributed by atoms with Gasteiger partial charge in [-0.25, -0.2) is 14.5 Å². The number of carboxylic acids is 1. The molecule has 7 nitrogen and oxygen atoms in total. The van der Waals surface area contributed by atoms with Crippen LogP contribution < -0.4 is 5.32 Å². The van der Waals surface area contributed by atoms with Gasteiger partial charge in [0.05, 0.1) is 24.1 Å². The monoisotopic (exact) mass is 452 g/mol. The Bertz CT molecular complexity index is 1080. The minimum Gasteiger partial charge on any atom is -0.499 e. The summed E-state index contributed by atoms with van der Waals surface area (Å²) in [5.41, 5.74) is -0.287. The van der Waals surface area contributed by atoms with Crippen LogP contribution in [0.5, 0.6) is 0 Å². The Hall–Kier alpha value is -3.30. The molecule has 0 saturated heterocycles. The number of hydrogen-bond donors (Lipinski definition) is 2. The third-order valence-corrected chi connectivity index (χ3v) is 4.82. The summed E-state index contributed by atoms with van der Waals surface area (Å²) in [5.74, 6) is -0.671. The van der Waals surface area contributed by atoms with Crippen LogP contribution in [0.1, 0.15) is 63.3 Å². The predicted octanol–water partition coefficient (Wildman–Crippen LogP) is 5.84. The van der Waals surface area contributed by atoms with E-state index < -0.39 is 23.4 Å². The highest BCUT2D eigenvalue weighted by molar-refractivity contribution is 5.93. The van der Waals surface area contributed by atoms with E-state index in [9.17, 15) is 23.1 Å². The summed E-state index contributed by atoms with van der Waals surface area (Å²) < 4.78 is 46.7. The molecule has 2 aromatic heterocycles. The number of methoxy groups -OCH3 is 1. The van der Waals surface area contributed by atoms with Gasteiger partial charge in [0.1, 0.15) is 17.3 Å². The average molecular weight is 452 g/mol. The number of ether oxygens (including phenoxy) is 1. The van der Waals surface area contributed by atoms with Crippen molar-refractivity contribution in [3.05, 3.63) is 52.7 Å². The van der Waals surface area contributed by atoms with Gasteiger partial charge in [0.15, 0.2) is 5.69 Å². The Kier molecular flexibility index (Phi) is 7.06. The first kappa shape index (κ1) is 25.0. The van der Waals surface area contributed by atoms with Gasteiger partial charge in [-0.2, -0.15) is 18.3 Å². The van der Waals surface area contributed by atoms with Gasteiger partial charge in [-0.3, -0.25) is 0 Å². The van der Waals surface area contributed by atoms with E-state index in [-0.39, 0.29) is 16.9 Å². The summed E-state index contributed by atoms with van der Waals surface area (Å²) in [5, 5.41) is 16.9. The van der Waals surface area contributed by atoms with E-state index in [1.165, 1.54) is 11.8 Å². The van der Waals surface area contributed by atoms with E-state index >= 15 is 0 Å². The van der Waals surface area contributed by atoms with E-state index in [2.05, 4.69) is 15.4 Å². The van der Waals surface area contributed by atoms with Crippen molar-refractivity contribution < 1.29 is 27.8 Å². The molecular weight excluding hydrogens is 425 g/mol. The topological polar surface area (TPSA) is 89.3 Å². The Morgan fingerprint density at radius 3 is 2.31 bits per heavy atom. The van der Waals surface area contributed by atoms with Crippen LogP contribution in [0, 0.1) is 0 Å². The van der Waals surface area contributed by atoms with E-state index in [4.69, 9.17) is 4.74 Å². The maximum absolute atomic E-state index is 13.2. The van der Waals surface area contributed by atoms with Crippen molar-refractivity contribution in [2.24, 2.45) is 0 Å². The van der Waals surface area contributed by atoms with Gasteiger partial charge in [0.25, 0.3) is 0 Å². The molecule has 0 aliphatic heterocycles. The minimum absolute atomic E-state index is 0.270. The van der Waals surface area contributed by atoms with Crippen LogP contribution in [0.3, 0.4) is 0 Å². The molecule has 2 rings (SSSR count). The molecule has 2 heterocycles. The fourth-order valence-corrected chi connectivity index (χ4v) is 2.86. The highest BCUT2D eigenvalue weighted by atomic mass is 19.4. The van der Waals surface area contributed by atoms with Gasteiger partial charge in [-0.05, 0) is 32.4 Å². The van der Waals surface area contributed by atoms with E-state index in [1.54, 1.807) is 13.0 Å². The number of rotatable bonds is 6. The number of carbonyl (C=O) groups is 1. The first-order valence-electron chi connectivity index (χ1n) is 9.77. The molecule has 0 saturated carbocycles. The van der Waals surface area contributed by atoms with E-state index in [0.717, 1.165) is 11.6 Å². The van der Waals surface area contributed by atoms with Crippen molar-refractivity contribution in [1.29, 1.82) is 0 Å². The lowest BCUT2D eigenvalue weighted by Gasteiger charge is -2.17. The van der Waals surface area contributed by atoms with Gasteiger partial charge in [0, 0.05) is 17.7 Å². The predicted molar refractivity (Wildman–Crippen MR) is 116 cm³/mol. The number of anilines is 2. The second-order valence-corrected chi connectivity index (χ2v) is 8.21. The Balaban J connectivity index is 2.79. The summed E-state index contributed by atoms with van der Waals surface area (Å²) in [6.07, 6.45) is -2.35. The van der Waals surface area contributed by atoms with Crippen molar-refractivity contribution in [3.63, 3.8) is 0 Å². The normalized spacial score (nSPS) is 13.6. The van der Waals surface area contributed by atoms with Crippen molar-refractivity contribution in [2.75, 3.05) is 12.4 Å². The van der Waals surface area contributed by atoms with Gasteiger partial charge in [-0.1, -0.05) is 26.8 Å². The SMILES string of the molecule is C/C=C(C)\C(=C(/C)OC)n1nc(C(C)(C)C)cc1Nc1cc(C(F)(F)F)cnc1C(=O)O. The number of halogens is 3. The third kappa shape index (κ3) is 5.30. The molecule has 0 aliphatic rings. The molecule has 0 radical (unpaired) electrons. The zero-order valence-electron chi connectivity index (χ0n) is 19.0. The highest BCUT2D eigenvalue weighted by Gasteiger charge is 2.33. The molecule has 0 spiro atoms. The molecule has 0 fully saturated rings. The molecule has 0 aromatic carbocycles. The maximum atomic E-state index is 13.2. The van der Waals surface area contributed by atoms with Crippen molar-refractivity contribution in [3.8, 4) is 0 Å². The lowest BCUT2D eigenvalue weighted by Crippen LogP contribution is -2.14. The smallest absolute Gasteiger partial charge is 0.417 e. The minimum atomic E-state index is -4.68. The van der Waals surface area contributed by atoms with Crippen LogP contribution in [0.2, 0.25) is 0 Å². The summed E-state index contributed by atoms with van der Waals surface area (Å²) in [7, 11) is 1.50. The van der Waals surface area contributed by atoms with Gasteiger partial charge < -0.3 is 15.2 Å². The van der Waals surface area contributed by atoms with Crippen LogP contribution in [-0.4, -0.2) is 33.0 Å². The van der Waals surface area contributed by atoms with Crippen LogP contribution in [0.4, 0.5) is 24.7 Å². The second-order valence-electron chi connectivity index (χ2n) is 8.21. The van der Waals surface area contributed by atoms with Crippen LogP contribution in [0.15, 0.2) is 35.7 Å². The number of carboxylic acid groups (broad SMARTS) is 1. The zero-order valence-corrected chi connectivity index (χ0v) is 19.0. The van der Waals surface area contributed by atoms with Crippen molar-refractivity contribution >= 4 is 23.2 Å². The summed E-state index contributed by atoms with van der Waals surface area (Å²) in [6.45, 7) is 11.2. The molecule has 0 atom stereocenters. The average Bonchev–Trinajstić information content (AvgIpc) is 3.10. The molecule has 0 unspecified atom stereocenters. The quantitative estimate of drug-likeness (QED) is 0.423. The number of hydrogen-bond acceptors (Lipinski definition) is 5. The van der Waals surface area contributed by atoms with Gasteiger partial charge in [0.2, 0.25) is 0 Å². The van der Waals surface area contributed by atoms with E-state index in [1.807, 2.05) is 40.7 Å². The van der Waals surface area contributed by atoms with Crippen molar-refractivity contribution in [2.45, 2.75) is 53.1 Å². The Labute approximate surface area is 184 Å². The molecule has 0 amide bonds. The van der Waals surface area contributed by atoms with Gasteiger partial charge >= 0.3 is 12.1 Å². The maximum Gasteiger partial charge on any atom is 0.417 e. The summed E-state index contributed by atoms with van der Waals surface area (Å²) in [4.78, 5) is 15.1. The largest absolute Gasteiger partial charge is 0.499 e. The fourth-order valence-electron chi connectivity index (χ4n) is 2.86. The van der Waals surface area contributed by atoms with Crippen LogP contribution in [-0.2, 0) is 16.3 Å². The number of aromatic carboxylic acids is 1. The highest BCUT2D eigenvalue weighted by Crippen LogP contribution is 2.35. The molecule has 32 heavy (non-hydrogen) atoms. The zero-order chi connectivity index (χ0) is 24.4. The lowest BCUT2D eigenvalue weighted by atomic mass is 9.92. The number of pyridine rings is 1. The molecule has 174 valence electrons. The third-order valence-electron chi connectivity index (χ3n) is 4.82. The van der Waals surface area contributed by atoms with Crippen LogP contribution >= 0.6 is 0 Å².